The SMILES string of the molecule is Cc1ccc(N(c2ccc(-c3nc(-c4ccccc4)no3)cc2)c2ccc(-n3c4ccccc4c4ccccc43)cc2)cc1. The van der Waals surface area contributed by atoms with E-state index in [-0.39, 0.29) is 0 Å². The second kappa shape index (κ2) is 10.7. The smallest absolute Gasteiger partial charge is 0.258 e. The number of nitrogens with zero attached hydrogens (tertiary/aromatic N) is 4. The summed E-state index contributed by atoms with van der Waals surface area (Å²) in [5.41, 5.74) is 9.71. The first-order valence-electron chi connectivity index (χ1n) is 14.7. The number of rotatable bonds is 6. The maximum atomic E-state index is 5.62. The molecule has 0 fully saturated rings. The van der Waals surface area contributed by atoms with Gasteiger partial charge in [-0.05, 0) is 79.7 Å². The van der Waals surface area contributed by atoms with E-state index in [1.165, 1.54) is 27.4 Å². The van der Waals surface area contributed by atoms with Crippen LogP contribution in [-0.4, -0.2) is 14.7 Å². The number of benzene rings is 6. The van der Waals surface area contributed by atoms with E-state index in [4.69, 9.17) is 4.52 Å². The Balaban J connectivity index is 1.17. The fourth-order valence-corrected chi connectivity index (χ4v) is 5.89. The lowest BCUT2D eigenvalue weighted by molar-refractivity contribution is 0.432. The van der Waals surface area contributed by atoms with Crippen molar-refractivity contribution in [1.82, 2.24) is 14.7 Å². The normalized spacial score (nSPS) is 11.3. The number of hydrogen-bond acceptors (Lipinski definition) is 4. The van der Waals surface area contributed by atoms with Gasteiger partial charge in [0.05, 0.1) is 11.0 Å². The molecule has 0 aliphatic heterocycles. The third-order valence-electron chi connectivity index (χ3n) is 8.07. The van der Waals surface area contributed by atoms with Gasteiger partial charge in [-0.1, -0.05) is 89.6 Å². The van der Waals surface area contributed by atoms with Crippen molar-refractivity contribution in [2.45, 2.75) is 6.92 Å². The Labute approximate surface area is 255 Å². The van der Waals surface area contributed by atoms with Gasteiger partial charge in [0.15, 0.2) is 0 Å². The molecule has 8 rings (SSSR count). The summed E-state index contributed by atoms with van der Waals surface area (Å²) in [4.78, 5) is 6.90. The molecule has 0 saturated heterocycles. The summed E-state index contributed by atoms with van der Waals surface area (Å²) < 4.78 is 7.96. The number of para-hydroxylation sites is 2. The number of aromatic nitrogens is 3. The highest BCUT2D eigenvalue weighted by atomic mass is 16.5. The van der Waals surface area contributed by atoms with E-state index in [1.54, 1.807) is 0 Å². The van der Waals surface area contributed by atoms with Crippen molar-refractivity contribution in [3.05, 3.63) is 157 Å². The molecule has 8 aromatic rings. The third-order valence-corrected chi connectivity index (χ3v) is 8.07. The van der Waals surface area contributed by atoms with E-state index in [9.17, 15) is 0 Å². The quantitative estimate of drug-likeness (QED) is 0.200. The van der Waals surface area contributed by atoms with Crippen LogP contribution >= 0.6 is 0 Å². The predicted octanol–water partition coefficient (Wildman–Crippen LogP) is 10.3. The fourth-order valence-electron chi connectivity index (χ4n) is 5.89. The van der Waals surface area contributed by atoms with Crippen LogP contribution in [0.2, 0.25) is 0 Å². The first-order chi connectivity index (χ1) is 21.7. The zero-order chi connectivity index (χ0) is 29.5. The molecule has 210 valence electrons. The van der Waals surface area contributed by atoms with Gasteiger partial charge in [-0.3, -0.25) is 0 Å². The van der Waals surface area contributed by atoms with Gasteiger partial charge >= 0.3 is 0 Å². The summed E-state index contributed by atoms with van der Waals surface area (Å²) in [6.45, 7) is 2.11. The zero-order valence-corrected chi connectivity index (χ0v) is 24.1. The van der Waals surface area contributed by atoms with Gasteiger partial charge in [0.1, 0.15) is 0 Å². The first kappa shape index (κ1) is 25.7. The molecule has 2 heterocycles. The van der Waals surface area contributed by atoms with Crippen molar-refractivity contribution in [3.8, 4) is 28.5 Å². The second-order valence-corrected chi connectivity index (χ2v) is 10.9. The molecular formula is C39H28N4O. The lowest BCUT2D eigenvalue weighted by Gasteiger charge is -2.26. The van der Waals surface area contributed by atoms with Crippen molar-refractivity contribution in [3.63, 3.8) is 0 Å². The van der Waals surface area contributed by atoms with E-state index >= 15 is 0 Å². The minimum atomic E-state index is 0.493. The third kappa shape index (κ3) is 4.52. The molecule has 0 bridgehead atoms. The summed E-state index contributed by atoms with van der Waals surface area (Å²) in [6.07, 6.45) is 0. The van der Waals surface area contributed by atoms with Crippen LogP contribution in [0, 0.1) is 6.92 Å². The summed E-state index contributed by atoms with van der Waals surface area (Å²) in [5.74, 6) is 1.07. The molecule has 0 atom stereocenters. The van der Waals surface area contributed by atoms with Gasteiger partial charge < -0.3 is 14.0 Å². The molecule has 0 amide bonds. The average Bonchev–Trinajstić information content (AvgIpc) is 3.71. The number of aryl methyl sites for hydroxylation is 1. The van der Waals surface area contributed by atoms with Crippen LogP contribution in [0.1, 0.15) is 5.56 Å². The van der Waals surface area contributed by atoms with E-state index in [0.29, 0.717) is 11.7 Å². The standard InChI is InChI=1S/C39H28N4O/c1-27-15-19-30(20-16-27)42(31-21-17-29(18-22-31)39-40-38(41-44-39)28-9-3-2-4-10-28)32-23-25-33(26-24-32)43-36-13-7-5-11-34(36)35-12-6-8-14-37(35)43/h2-26H,1H3. The lowest BCUT2D eigenvalue weighted by Crippen LogP contribution is -2.10. The Morgan fingerprint density at radius 1 is 0.523 bits per heavy atom. The first-order valence-corrected chi connectivity index (χ1v) is 14.7. The minimum absolute atomic E-state index is 0.493. The molecule has 0 aliphatic carbocycles. The Morgan fingerprint density at radius 2 is 1.05 bits per heavy atom. The second-order valence-electron chi connectivity index (χ2n) is 10.9. The van der Waals surface area contributed by atoms with Gasteiger partial charge in [0.2, 0.25) is 5.82 Å². The van der Waals surface area contributed by atoms with Gasteiger partial charge in [-0.2, -0.15) is 4.98 Å². The number of hydrogen-bond donors (Lipinski definition) is 0. The summed E-state index contributed by atoms with van der Waals surface area (Å²) >= 11 is 0. The van der Waals surface area contributed by atoms with Crippen LogP contribution in [0.4, 0.5) is 17.1 Å². The molecule has 0 saturated carbocycles. The molecule has 0 spiro atoms. The van der Waals surface area contributed by atoms with E-state index in [2.05, 4.69) is 136 Å². The minimum Gasteiger partial charge on any atom is -0.334 e. The highest BCUT2D eigenvalue weighted by Gasteiger charge is 2.16. The van der Waals surface area contributed by atoms with Crippen molar-refractivity contribution in [1.29, 1.82) is 0 Å². The van der Waals surface area contributed by atoms with Gasteiger partial charge in [0, 0.05) is 44.6 Å². The van der Waals surface area contributed by atoms with Crippen LogP contribution in [0.15, 0.2) is 156 Å². The Morgan fingerprint density at radius 3 is 1.66 bits per heavy atom. The number of anilines is 3. The summed E-state index contributed by atoms with van der Waals surface area (Å²) in [5, 5.41) is 6.70. The highest BCUT2D eigenvalue weighted by Crippen LogP contribution is 2.37. The van der Waals surface area contributed by atoms with Crippen LogP contribution in [0.3, 0.4) is 0 Å². The maximum absolute atomic E-state index is 5.62. The topological polar surface area (TPSA) is 47.1 Å². The average molecular weight is 569 g/mol. The molecule has 0 aliphatic rings. The molecule has 0 radical (unpaired) electrons. The van der Waals surface area contributed by atoms with Crippen LogP contribution in [-0.2, 0) is 0 Å². The number of fused-ring (bicyclic) bond motifs is 3. The van der Waals surface area contributed by atoms with Crippen LogP contribution in [0.5, 0.6) is 0 Å². The van der Waals surface area contributed by atoms with Gasteiger partial charge in [0.25, 0.3) is 5.89 Å². The maximum Gasteiger partial charge on any atom is 0.258 e. The molecule has 0 N–H and O–H groups in total. The van der Waals surface area contributed by atoms with Crippen molar-refractivity contribution >= 4 is 38.9 Å². The van der Waals surface area contributed by atoms with Crippen molar-refractivity contribution in [2.75, 3.05) is 4.90 Å². The van der Waals surface area contributed by atoms with Crippen LogP contribution < -0.4 is 4.90 Å². The molecule has 0 unspecified atom stereocenters. The van der Waals surface area contributed by atoms with E-state index in [0.717, 1.165) is 33.9 Å². The molecular weight excluding hydrogens is 540 g/mol. The molecule has 2 aromatic heterocycles. The molecule has 6 aromatic carbocycles. The summed E-state index contributed by atoms with van der Waals surface area (Å²) in [6, 6.07) is 52.7. The predicted molar refractivity (Wildman–Crippen MR) is 179 cm³/mol. The lowest BCUT2D eigenvalue weighted by atomic mass is 10.1. The van der Waals surface area contributed by atoms with E-state index < -0.39 is 0 Å². The Hall–Kier alpha value is -5.94. The van der Waals surface area contributed by atoms with Crippen molar-refractivity contribution < 1.29 is 4.52 Å². The molecule has 5 heteroatoms. The highest BCUT2D eigenvalue weighted by molar-refractivity contribution is 6.09. The largest absolute Gasteiger partial charge is 0.334 e. The zero-order valence-electron chi connectivity index (χ0n) is 24.1. The Bertz CT molecular complexity index is 2160. The van der Waals surface area contributed by atoms with E-state index in [1.807, 2.05) is 42.5 Å². The fraction of sp³-hybridized carbons (Fsp3) is 0.0256. The molecule has 5 nitrogen and oxygen atoms in total. The Kier molecular flexibility index (Phi) is 6.27. The summed E-state index contributed by atoms with van der Waals surface area (Å²) in [7, 11) is 0. The van der Waals surface area contributed by atoms with Crippen molar-refractivity contribution in [2.24, 2.45) is 0 Å². The van der Waals surface area contributed by atoms with Gasteiger partial charge in [-0.15, -0.1) is 0 Å². The van der Waals surface area contributed by atoms with Gasteiger partial charge in [-0.25, -0.2) is 0 Å². The van der Waals surface area contributed by atoms with Crippen LogP contribution in [0.25, 0.3) is 50.3 Å². The molecule has 44 heavy (non-hydrogen) atoms. The monoisotopic (exact) mass is 568 g/mol.